The van der Waals surface area contributed by atoms with E-state index in [1.807, 2.05) is 12.1 Å². The number of ether oxygens (including phenoxy) is 4. The van der Waals surface area contributed by atoms with Crippen molar-refractivity contribution in [3.63, 3.8) is 0 Å². The summed E-state index contributed by atoms with van der Waals surface area (Å²) in [6.07, 6.45) is 3.12. The van der Waals surface area contributed by atoms with Crippen molar-refractivity contribution in [3.05, 3.63) is 35.4 Å². The Labute approximate surface area is 160 Å². The van der Waals surface area contributed by atoms with E-state index in [2.05, 4.69) is 6.92 Å². The summed E-state index contributed by atoms with van der Waals surface area (Å²) in [7, 11) is 4.61. The molecule has 0 heterocycles. The summed E-state index contributed by atoms with van der Waals surface area (Å²) in [6.45, 7) is 2.19. The van der Waals surface area contributed by atoms with Gasteiger partial charge in [0, 0.05) is 6.61 Å². The molecule has 0 saturated carbocycles. The summed E-state index contributed by atoms with van der Waals surface area (Å²) in [4.78, 5) is 0. The first-order valence-electron chi connectivity index (χ1n) is 9.01. The van der Waals surface area contributed by atoms with Crippen LogP contribution in [0.15, 0.2) is 24.3 Å². The number of aryl methyl sites for hydroxylation is 2. The Morgan fingerprint density at radius 1 is 0.778 bits per heavy atom. The zero-order chi connectivity index (χ0) is 19.8. The lowest BCUT2D eigenvalue weighted by Gasteiger charge is -2.18. The van der Waals surface area contributed by atoms with Crippen molar-refractivity contribution in [2.75, 3.05) is 27.9 Å². The maximum absolute atomic E-state index is 10.5. The zero-order valence-corrected chi connectivity index (χ0v) is 16.4. The molecular formula is C21H28O6. The summed E-state index contributed by atoms with van der Waals surface area (Å²) in [5.74, 6) is 1.88. The second-order valence-corrected chi connectivity index (χ2v) is 6.15. The number of aliphatic hydroxyl groups excluding tert-OH is 1. The third-order valence-corrected chi connectivity index (χ3v) is 4.21. The van der Waals surface area contributed by atoms with Gasteiger partial charge >= 0.3 is 0 Å². The van der Waals surface area contributed by atoms with Gasteiger partial charge in [-0.15, -0.1) is 0 Å². The number of hydrogen-bond donors (Lipinski definition) is 2. The lowest BCUT2D eigenvalue weighted by molar-refractivity contribution is 0.288. The van der Waals surface area contributed by atoms with E-state index >= 15 is 0 Å². The van der Waals surface area contributed by atoms with Crippen molar-refractivity contribution in [2.24, 2.45) is 0 Å². The second kappa shape index (κ2) is 9.92. The van der Waals surface area contributed by atoms with Crippen molar-refractivity contribution in [1.82, 2.24) is 0 Å². The van der Waals surface area contributed by atoms with Gasteiger partial charge in [0.25, 0.3) is 0 Å². The van der Waals surface area contributed by atoms with Crippen LogP contribution < -0.4 is 18.9 Å². The van der Waals surface area contributed by atoms with Gasteiger partial charge in [0.1, 0.15) is 0 Å². The van der Waals surface area contributed by atoms with Crippen LogP contribution in [-0.2, 0) is 12.8 Å². The first kappa shape index (κ1) is 20.7. The summed E-state index contributed by atoms with van der Waals surface area (Å²) >= 11 is 0. The summed E-state index contributed by atoms with van der Waals surface area (Å²) in [5.41, 5.74) is 1.96. The third-order valence-electron chi connectivity index (χ3n) is 4.21. The van der Waals surface area contributed by atoms with Crippen molar-refractivity contribution in [2.45, 2.75) is 32.6 Å². The summed E-state index contributed by atoms with van der Waals surface area (Å²) in [6, 6.07) is 7.28. The number of methoxy groups -OCH3 is 3. The maximum Gasteiger partial charge on any atom is 0.211 e. The maximum atomic E-state index is 10.5. The Morgan fingerprint density at radius 2 is 1.30 bits per heavy atom. The van der Waals surface area contributed by atoms with Gasteiger partial charge in [-0.3, -0.25) is 0 Å². The molecule has 148 valence electrons. The molecule has 2 N–H and O–H groups in total. The van der Waals surface area contributed by atoms with Crippen molar-refractivity contribution in [1.29, 1.82) is 0 Å². The molecule has 2 rings (SSSR count). The van der Waals surface area contributed by atoms with Crippen LogP contribution in [0.1, 0.15) is 30.9 Å². The van der Waals surface area contributed by atoms with E-state index in [9.17, 15) is 5.11 Å². The number of aromatic hydroxyl groups is 1. The molecular weight excluding hydrogens is 348 g/mol. The molecule has 2 aromatic rings. The number of aliphatic hydroxyl groups is 1. The highest BCUT2D eigenvalue weighted by atomic mass is 16.5. The van der Waals surface area contributed by atoms with Gasteiger partial charge < -0.3 is 29.2 Å². The minimum Gasteiger partial charge on any atom is -0.502 e. The molecule has 6 nitrogen and oxygen atoms in total. The Balaban J connectivity index is 2.48. The van der Waals surface area contributed by atoms with Crippen molar-refractivity contribution in [3.8, 4) is 34.5 Å². The van der Waals surface area contributed by atoms with Gasteiger partial charge in [-0.25, -0.2) is 0 Å². The molecule has 0 bridgehead atoms. The number of benzene rings is 2. The molecule has 2 aromatic carbocycles. The second-order valence-electron chi connectivity index (χ2n) is 6.15. The Morgan fingerprint density at radius 3 is 1.81 bits per heavy atom. The predicted octanol–water partition coefficient (Wildman–Crippen LogP) is 4.09. The van der Waals surface area contributed by atoms with E-state index in [0.29, 0.717) is 35.8 Å². The van der Waals surface area contributed by atoms with Gasteiger partial charge in [0.2, 0.25) is 11.5 Å². The standard InChI is InChI=1S/C21H28O6/c1-5-7-14-12-18(25-3)21(19(13-14)26-4)27-17-11-15(8-6-9-22)10-16(24-2)20(17)23/h10-13,22-23H,5-9H2,1-4H3. The molecule has 0 saturated heterocycles. The zero-order valence-electron chi connectivity index (χ0n) is 16.4. The van der Waals surface area contributed by atoms with E-state index in [1.165, 1.54) is 7.11 Å². The van der Waals surface area contributed by atoms with Crippen LogP contribution in [0.3, 0.4) is 0 Å². The molecule has 0 spiro atoms. The third kappa shape index (κ3) is 4.98. The van der Waals surface area contributed by atoms with Gasteiger partial charge in [0.15, 0.2) is 23.0 Å². The highest BCUT2D eigenvalue weighted by Crippen LogP contribution is 2.46. The van der Waals surface area contributed by atoms with Crippen LogP contribution in [0.2, 0.25) is 0 Å². The fourth-order valence-corrected chi connectivity index (χ4v) is 2.88. The minimum absolute atomic E-state index is 0.0833. The molecule has 0 aliphatic heterocycles. The molecule has 0 aliphatic carbocycles. The predicted molar refractivity (Wildman–Crippen MR) is 104 cm³/mol. The molecule has 0 radical (unpaired) electrons. The fraction of sp³-hybridized carbons (Fsp3) is 0.429. The van der Waals surface area contributed by atoms with Gasteiger partial charge in [-0.2, -0.15) is 0 Å². The SMILES string of the molecule is CCCc1cc(OC)c(Oc2cc(CCCO)cc(OC)c2O)c(OC)c1. The molecule has 27 heavy (non-hydrogen) atoms. The van der Waals surface area contributed by atoms with Gasteiger partial charge in [0.05, 0.1) is 21.3 Å². The first-order chi connectivity index (χ1) is 13.1. The lowest BCUT2D eigenvalue weighted by atomic mass is 10.1. The number of phenols is 1. The van der Waals surface area contributed by atoms with Crippen molar-refractivity contribution >= 4 is 0 Å². The molecule has 0 atom stereocenters. The quantitative estimate of drug-likeness (QED) is 0.650. The van der Waals surface area contributed by atoms with E-state index in [4.69, 9.17) is 24.1 Å². The van der Waals surface area contributed by atoms with E-state index in [0.717, 1.165) is 24.0 Å². The first-order valence-corrected chi connectivity index (χ1v) is 9.01. The Hall–Kier alpha value is -2.60. The van der Waals surface area contributed by atoms with E-state index < -0.39 is 0 Å². The van der Waals surface area contributed by atoms with Gasteiger partial charge in [-0.1, -0.05) is 13.3 Å². The Kier molecular flexibility index (Phi) is 7.61. The number of hydrogen-bond acceptors (Lipinski definition) is 6. The van der Waals surface area contributed by atoms with Gasteiger partial charge in [-0.05, 0) is 54.7 Å². The van der Waals surface area contributed by atoms with Crippen LogP contribution >= 0.6 is 0 Å². The van der Waals surface area contributed by atoms with Crippen LogP contribution in [0.5, 0.6) is 34.5 Å². The van der Waals surface area contributed by atoms with E-state index in [-0.39, 0.29) is 18.1 Å². The molecule has 0 aromatic heterocycles. The topological polar surface area (TPSA) is 77.4 Å². The average Bonchev–Trinajstić information content (AvgIpc) is 2.69. The number of phenolic OH excluding ortho intramolecular Hbond substituents is 1. The average molecular weight is 376 g/mol. The Bertz CT molecular complexity index is 732. The van der Waals surface area contributed by atoms with Crippen LogP contribution in [-0.4, -0.2) is 38.1 Å². The monoisotopic (exact) mass is 376 g/mol. The minimum atomic E-state index is -0.105. The van der Waals surface area contributed by atoms with Crippen LogP contribution in [0, 0.1) is 0 Å². The highest BCUT2D eigenvalue weighted by molar-refractivity contribution is 5.59. The van der Waals surface area contributed by atoms with E-state index in [1.54, 1.807) is 26.4 Å². The molecule has 0 aliphatic rings. The molecule has 0 amide bonds. The fourth-order valence-electron chi connectivity index (χ4n) is 2.88. The molecule has 0 fully saturated rings. The smallest absolute Gasteiger partial charge is 0.211 e. The summed E-state index contributed by atoms with van der Waals surface area (Å²) in [5, 5.41) is 19.6. The molecule has 0 unspecified atom stereocenters. The van der Waals surface area contributed by atoms with Crippen LogP contribution in [0.25, 0.3) is 0 Å². The normalized spacial score (nSPS) is 10.6. The molecule has 6 heteroatoms. The number of rotatable bonds is 10. The van der Waals surface area contributed by atoms with Crippen LogP contribution in [0.4, 0.5) is 0 Å². The van der Waals surface area contributed by atoms with Crippen molar-refractivity contribution < 1.29 is 29.2 Å². The summed E-state index contributed by atoms with van der Waals surface area (Å²) < 4.78 is 22.2. The highest BCUT2D eigenvalue weighted by Gasteiger charge is 2.19. The largest absolute Gasteiger partial charge is 0.502 e. The lowest BCUT2D eigenvalue weighted by Crippen LogP contribution is -1.99.